The van der Waals surface area contributed by atoms with Gasteiger partial charge in [-0.2, -0.15) is 0 Å². The molecule has 10 nitrogen and oxygen atoms in total. The van der Waals surface area contributed by atoms with Crippen molar-refractivity contribution in [3.8, 4) is 5.75 Å². The number of esters is 2. The number of thiazole rings is 1. The van der Waals surface area contributed by atoms with E-state index < -0.39 is 23.5 Å². The fraction of sp³-hybridized carbons (Fsp3) is 0.129. The summed E-state index contributed by atoms with van der Waals surface area (Å²) < 4.78 is 17.2. The quantitative estimate of drug-likeness (QED) is 0.195. The minimum Gasteiger partial charge on any atom is -0.466 e. The van der Waals surface area contributed by atoms with Crippen molar-refractivity contribution in [3.05, 3.63) is 127 Å². The molecule has 210 valence electrons. The highest BCUT2D eigenvalue weighted by Crippen LogP contribution is 2.35. The van der Waals surface area contributed by atoms with Gasteiger partial charge in [0.1, 0.15) is 10.3 Å². The maximum absolute atomic E-state index is 14.2. The first kappa shape index (κ1) is 26.9. The van der Waals surface area contributed by atoms with Crippen LogP contribution in [0, 0.1) is 0 Å². The largest absolute Gasteiger partial charge is 0.466 e. The lowest BCUT2D eigenvalue weighted by molar-refractivity contribution is -0.136. The fourth-order valence-electron chi connectivity index (χ4n) is 5.14. The molecular weight excluding hydrogens is 558 g/mol. The van der Waals surface area contributed by atoms with Crippen molar-refractivity contribution in [1.29, 1.82) is 0 Å². The van der Waals surface area contributed by atoms with Gasteiger partial charge in [0.25, 0.3) is 11.5 Å². The highest BCUT2D eigenvalue weighted by molar-refractivity contribution is 7.07. The number of nitrogens with zero attached hydrogens (tertiary/aromatic N) is 3. The number of benzene rings is 2. The van der Waals surface area contributed by atoms with Gasteiger partial charge in [-0.3, -0.25) is 14.2 Å². The number of hydrogen-bond donors (Lipinski definition) is 0. The number of para-hydroxylation sites is 1. The van der Waals surface area contributed by atoms with Crippen molar-refractivity contribution >= 4 is 40.4 Å². The molecule has 2 aromatic carbocycles. The Morgan fingerprint density at radius 1 is 1.07 bits per heavy atom. The van der Waals surface area contributed by atoms with Crippen LogP contribution < -0.4 is 24.5 Å². The third-order valence-electron chi connectivity index (χ3n) is 6.99. The van der Waals surface area contributed by atoms with Crippen molar-refractivity contribution in [1.82, 2.24) is 4.57 Å². The Bertz CT molecular complexity index is 1980. The van der Waals surface area contributed by atoms with E-state index in [1.165, 1.54) is 24.0 Å². The summed E-state index contributed by atoms with van der Waals surface area (Å²) >= 11 is 1.09. The van der Waals surface area contributed by atoms with Gasteiger partial charge in [-0.25, -0.2) is 14.6 Å². The van der Waals surface area contributed by atoms with Crippen LogP contribution >= 0.6 is 11.3 Å². The Morgan fingerprint density at radius 2 is 1.83 bits per heavy atom. The standard InChI is InChI=1S/C31H23N3O7S/c1-4-15-33-21-9-6-5-8-20(21)24(27(33)35)26-28(36)34-25(23(30(38)39-3)17(2)32-31(34)42-26)18-11-13-19(14-12-18)41-29(37)22-10-7-16-40-22/h4-14,16,25H,1,15H2,2-3H3. The summed E-state index contributed by atoms with van der Waals surface area (Å²) in [6.45, 7) is 5.70. The van der Waals surface area contributed by atoms with Crippen molar-refractivity contribution in [2.45, 2.75) is 13.0 Å². The Morgan fingerprint density at radius 3 is 2.52 bits per heavy atom. The first-order chi connectivity index (χ1) is 20.3. The molecular formula is C31H23N3O7S. The number of carbonyl (C=O) groups excluding carboxylic acids is 3. The van der Waals surface area contributed by atoms with Crippen LogP contribution in [0.5, 0.6) is 5.75 Å². The van der Waals surface area contributed by atoms with E-state index in [2.05, 4.69) is 11.6 Å². The molecule has 1 amide bonds. The van der Waals surface area contributed by atoms with Crippen LogP contribution in [0.3, 0.4) is 0 Å². The number of aromatic nitrogens is 1. The van der Waals surface area contributed by atoms with E-state index in [4.69, 9.17) is 13.9 Å². The maximum Gasteiger partial charge on any atom is 0.379 e. The van der Waals surface area contributed by atoms with Gasteiger partial charge in [-0.15, -0.1) is 6.58 Å². The monoisotopic (exact) mass is 581 g/mol. The van der Waals surface area contributed by atoms with Gasteiger partial charge in [-0.1, -0.05) is 47.7 Å². The first-order valence-electron chi connectivity index (χ1n) is 12.8. The lowest BCUT2D eigenvalue weighted by atomic mass is 9.96. The highest BCUT2D eigenvalue weighted by atomic mass is 32.1. The Kier molecular flexibility index (Phi) is 6.79. The van der Waals surface area contributed by atoms with Crippen LogP contribution in [0.1, 0.15) is 34.6 Å². The minimum absolute atomic E-state index is 0.0497. The summed E-state index contributed by atoms with van der Waals surface area (Å²) in [7, 11) is 1.26. The van der Waals surface area contributed by atoms with Crippen LogP contribution in [-0.4, -0.2) is 36.1 Å². The summed E-state index contributed by atoms with van der Waals surface area (Å²) in [6.07, 6.45) is 3.00. The summed E-state index contributed by atoms with van der Waals surface area (Å²) in [5.41, 5.74) is 2.23. The number of carbonyl (C=O) groups is 3. The molecule has 0 saturated carbocycles. The van der Waals surface area contributed by atoms with Gasteiger partial charge in [0.05, 0.1) is 41.9 Å². The number of fused-ring (bicyclic) bond motifs is 2. The predicted octanol–water partition coefficient (Wildman–Crippen LogP) is 3.12. The molecule has 0 saturated heterocycles. The lowest BCUT2D eigenvalue weighted by Crippen LogP contribution is -2.40. The van der Waals surface area contributed by atoms with Gasteiger partial charge < -0.3 is 18.8 Å². The number of methoxy groups -OCH3 is 1. The van der Waals surface area contributed by atoms with Crippen molar-refractivity contribution in [2.24, 2.45) is 4.99 Å². The fourth-order valence-corrected chi connectivity index (χ4v) is 6.28. The molecule has 1 atom stereocenters. The Hall–Kier alpha value is -5.29. The van der Waals surface area contributed by atoms with Crippen LogP contribution in [-0.2, 0) is 14.3 Å². The van der Waals surface area contributed by atoms with E-state index >= 15 is 0 Å². The number of allylic oxidation sites excluding steroid dienone is 1. The number of hydrogen-bond acceptors (Lipinski definition) is 9. The molecule has 4 aromatic rings. The SMILES string of the molecule is C=CCN1C(=O)C(=c2sc3n(c2=O)C(c2ccc(OC(=O)c4ccco4)cc2)C(C(=O)OC)=C(C)N=3)c2ccccc21. The molecule has 0 bridgehead atoms. The zero-order valence-corrected chi connectivity index (χ0v) is 23.3. The normalized spacial score (nSPS) is 17.0. The molecule has 6 rings (SSSR count). The van der Waals surface area contributed by atoms with E-state index in [-0.39, 0.29) is 39.6 Å². The van der Waals surface area contributed by atoms with Gasteiger partial charge in [-0.05, 0) is 42.8 Å². The number of furan rings is 1. The molecule has 11 heteroatoms. The molecule has 0 radical (unpaired) electrons. The first-order valence-corrected chi connectivity index (χ1v) is 13.7. The molecule has 0 spiro atoms. The highest BCUT2D eigenvalue weighted by Gasteiger charge is 2.37. The number of ether oxygens (including phenoxy) is 2. The topological polar surface area (TPSA) is 120 Å². The van der Waals surface area contributed by atoms with E-state index in [0.29, 0.717) is 27.3 Å². The van der Waals surface area contributed by atoms with E-state index in [1.807, 2.05) is 18.2 Å². The molecule has 0 fully saturated rings. The summed E-state index contributed by atoms with van der Waals surface area (Å²) in [5, 5.41) is 0. The third-order valence-corrected chi connectivity index (χ3v) is 8.05. The van der Waals surface area contributed by atoms with E-state index in [0.717, 1.165) is 11.3 Å². The van der Waals surface area contributed by atoms with Crippen molar-refractivity contribution in [3.63, 3.8) is 0 Å². The van der Waals surface area contributed by atoms with Crippen LogP contribution in [0.4, 0.5) is 5.69 Å². The molecule has 2 aliphatic rings. The van der Waals surface area contributed by atoms with E-state index in [1.54, 1.807) is 54.3 Å². The molecule has 0 N–H and O–H groups in total. The van der Waals surface area contributed by atoms with Gasteiger partial charge in [0.2, 0.25) is 5.76 Å². The number of anilines is 1. The summed E-state index contributed by atoms with van der Waals surface area (Å²) in [4.78, 5) is 59.6. The van der Waals surface area contributed by atoms with Crippen molar-refractivity contribution < 1.29 is 28.3 Å². The summed E-state index contributed by atoms with van der Waals surface area (Å²) in [5.74, 6) is -1.34. The molecule has 1 unspecified atom stereocenters. The van der Waals surface area contributed by atoms with Gasteiger partial charge in [0, 0.05) is 12.1 Å². The van der Waals surface area contributed by atoms with Crippen molar-refractivity contribution in [2.75, 3.05) is 18.6 Å². The average molecular weight is 582 g/mol. The average Bonchev–Trinajstić information content (AvgIpc) is 3.70. The Balaban J connectivity index is 1.51. The number of amides is 1. The molecule has 4 heterocycles. The molecule has 2 aliphatic heterocycles. The summed E-state index contributed by atoms with van der Waals surface area (Å²) in [6, 6.07) is 15.8. The van der Waals surface area contributed by atoms with Gasteiger partial charge in [0.15, 0.2) is 4.80 Å². The second-order valence-corrected chi connectivity index (χ2v) is 10.4. The minimum atomic E-state index is -0.908. The third kappa shape index (κ3) is 4.31. The smallest absolute Gasteiger partial charge is 0.379 e. The van der Waals surface area contributed by atoms with Crippen LogP contribution in [0.25, 0.3) is 5.57 Å². The molecule has 0 aliphatic carbocycles. The zero-order chi connectivity index (χ0) is 29.5. The predicted molar refractivity (Wildman–Crippen MR) is 154 cm³/mol. The number of rotatable bonds is 6. The Labute approximate surface area is 242 Å². The second kappa shape index (κ2) is 10.6. The maximum atomic E-state index is 14.2. The lowest BCUT2D eigenvalue weighted by Gasteiger charge is -2.24. The molecule has 2 aromatic heterocycles. The molecule has 42 heavy (non-hydrogen) atoms. The van der Waals surface area contributed by atoms with Gasteiger partial charge >= 0.3 is 11.9 Å². The zero-order valence-electron chi connectivity index (χ0n) is 22.5. The van der Waals surface area contributed by atoms with Crippen LogP contribution in [0.15, 0.2) is 105 Å². The van der Waals surface area contributed by atoms with Crippen LogP contribution in [0.2, 0.25) is 0 Å². The van der Waals surface area contributed by atoms with E-state index in [9.17, 15) is 19.2 Å². The second-order valence-electron chi connectivity index (χ2n) is 9.43.